The van der Waals surface area contributed by atoms with Crippen LogP contribution >= 0.6 is 12.6 Å². The summed E-state index contributed by atoms with van der Waals surface area (Å²) in [6.07, 6.45) is 2.90. The number of aromatic nitrogens is 1. The summed E-state index contributed by atoms with van der Waals surface area (Å²) >= 11 is 4.08. The van der Waals surface area contributed by atoms with Crippen LogP contribution in [0.2, 0.25) is 0 Å². The Morgan fingerprint density at radius 2 is 1.22 bits per heavy atom. The van der Waals surface area contributed by atoms with Crippen LogP contribution in [0.4, 0.5) is 0 Å². The van der Waals surface area contributed by atoms with Crippen LogP contribution < -0.4 is 37.6 Å². The fourth-order valence-electron chi connectivity index (χ4n) is 5.79. The molecule has 10 N–H and O–H groups in total. The van der Waals surface area contributed by atoms with Gasteiger partial charge in [0.15, 0.2) is 0 Å². The molecule has 0 bridgehead atoms. The summed E-state index contributed by atoms with van der Waals surface area (Å²) in [5, 5.41) is 26.8. The molecule has 1 heterocycles. The van der Waals surface area contributed by atoms with Gasteiger partial charge in [0.05, 0.1) is 6.61 Å². The van der Waals surface area contributed by atoms with Crippen molar-refractivity contribution in [1.82, 2.24) is 36.9 Å². The maximum atomic E-state index is 14.0. The quantitative estimate of drug-likeness (QED) is 0.0738. The van der Waals surface area contributed by atoms with E-state index < -0.39 is 96.0 Å². The van der Waals surface area contributed by atoms with Crippen molar-refractivity contribution in [3.8, 4) is 0 Å². The fraction of sp³-hybridized carbons (Fsp3) is 0.595. The van der Waals surface area contributed by atoms with Gasteiger partial charge in [-0.2, -0.15) is 12.6 Å². The zero-order valence-corrected chi connectivity index (χ0v) is 33.0. The number of nitrogens with two attached hydrogens (primary N) is 1. The molecule has 1 aromatic heterocycles. The highest BCUT2D eigenvalue weighted by Gasteiger charge is 2.35. The van der Waals surface area contributed by atoms with Gasteiger partial charge in [0.25, 0.3) is 0 Å². The molecule has 0 aliphatic carbocycles. The monoisotopic (exact) mass is 774 g/mol. The topological polar surface area (TPSA) is 254 Å². The Bertz CT molecular complexity index is 1620. The summed E-state index contributed by atoms with van der Waals surface area (Å²) in [5.41, 5.74) is 6.84. The van der Waals surface area contributed by atoms with Gasteiger partial charge >= 0.3 is 0 Å². The number of fused-ring (bicyclic) bond motifs is 1. The largest absolute Gasteiger partial charge is 0.394 e. The molecular formula is C37H58N8O8S. The molecule has 2 aromatic rings. The van der Waals surface area contributed by atoms with Crippen LogP contribution in [0.1, 0.15) is 73.3 Å². The van der Waals surface area contributed by atoms with Crippen LogP contribution in [0.15, 0.2) is 30.5 Å². The van der Waals surface area contributed by atoms with E-state index in [-0.39, 0.29) is 18.1 Å². The first-order valence-electron chi connectivity index (χ1n) is 18.3. The number of aliphatic hydroxyl groups is 1. The predicted molar refractivity (Wildman–Crippen MR) is 208 cm³/mol. The molecule has 0 spiro atoms. The lowest BCUT2D eigenvalue weighted by Crippen LogP contribution is -2.62. The van der Waals surface area contributed by atoms with Gasteiger partial charge in [-0.3, -0.25) is 33.6 Å². The first-order valence-corrected chi connectivity index (χ1v) is 19.0. The van der Waals surface area contributed by atoms with Crippen molar-refractivity contribution >= 4 is 64.9 Å². The third kappa shape index (κ3) is 13.3. The number of aromatic amines is 1. The van der Waals surface area contributed by atoms with Gasteiger partial charge in [0, 0.05) is 36.2 Å². The molecule has 0 aliphatic heterocycles. The number of carbonyl (C=O) groups excluding carboxylic acids is 7. The van der Waals surface area contributed by atoms with Crippen LogP contribution in [0.5, 0.6) is 0 Å². The van der Waals surface area contributed by atoms with E-state index in [9.17, 15) is 38.7 Å². The number of para-hydroxylation sites is 1. The van der Waals surface area contributed by atoms with E-state index in [0.29, 0.717) is 24.8 Å². The second-order valence-corrected chi connectivity index (χ2v) is 14.5. The second-order valence-electron chi connectivity index (χ2n) is 14.1. The molecule has 17 heteroatoms. The van der Waals surface area contributed by atoms with E-state index in [1.165, 1.54) is 6.92 Å². The molecule has 7 amide bonds. The highest BCUT2D eigenvalue weighted by molar-refractivity contribution is 7.80. The highest BCUT2D eigenvalue weighted by atomic mass is 32.1. The molecule has 54 heavy (non-hydrogen) atoms. The van der Waals surface area contributed by atoms with Gasteiger partial charge in [0.2, 0.25) is 41.4 Å². The van der Waals surface area contributed by atoms with Crippen molar-refractivity contribution in [3.05, 3.63) is 36.0 Å². The highest BCUT2D eigenvalue weighted by Crippen LogP contribution is 2.20. The molecule has 8 unspecified atom stereocenters. The molecule has 0 saturated carbocycles. The summed E-state index contributed by atoms with van der Waals surface area (Å²) in [6.45, 7) is 11.3. The van der Waals surface area contributed by atoms with E-state index in [2.05, 4.69) is 49.5 Å². The lowest BCUT2D eigenvalue weighted by molar-refractivity contribution is -0.136. The summed E-state index contributed by atoms with van der Waals surface area (Å²) in [6, 6.07) is 0.245. The molecule has 0 saturated heterocycles. The van der Waals surface area contributed by atoms with Crippen molar-refractivity contribution in [1.29, 1.82) is 0 Å². The van der Waals surface area contributed by atoms with Crippen LogP contribution in [0, 0.1) is 17.8 Å². The van der Waals surface area contributed by atoms with Crippen molar-refractivity contribution in [3.63, 3.8) is 0 Å². The number of benzene rings is 1. The van der Waals surface area contributed by atoms with Crippen molar-refractivity contribution in [2.45, 2.75) is 110 Å². The van der Waals surface area contributed by atoms with Crippen LogP contribution in [0.25, 0.3) is 10.9 Å². The number of aliphatic hydroxyl groups excluding tert-OH is 1. The number of carbonyl (C=O) groups is 7. The number of H-pyrrole nitrogens is 1. The number of rotatable bonds is 22. The minimum Gasteiger partial charge on any atom is -0.394 e. The molecule has 16 nitrogen and oxygen atoms in total. The summed E-state index contributed by atoms with van der Waals surface area (Å²) < 4.78 is 0. The third-order valence-corrected chi connectivity index (χ3v) is 9.74. The molecule has 2 rings (SSSR count). The summed E-state index contributed by atoms with van der Waals surface area (Å²) in [7, 11) is 0. The maximum absolute atomic E-state index is 14.0. The number of hydrogen-bond donors (Lipinski definition) is 10. The Labute approximate surface area is 322 Å². The number of thiol groups is 1. The SMILES string of the molecule is CCC(C)C(NC(=O)C(Cc1c[nH]c2ccccc12)NC(=O)C(CO)NC(=O)C(NC(=O)C(CC(C)C)NC(C)=O)C(C)CC)C(=O)NC(CS)C(N)=O. The standard InChI is InChI=1S/C37H58N8O8S/c1-8-20(5)30(44-33(49)26(14-19(3)4)40-22(7)47)36(52)42-28(17-46)35(51)41-27(15-23-16-39-25-13-11-10-12-24(23)25)34(50)45-31(21(6)9-2)37(53)43-29(18-54)32(38)48/h10-13,16,19-21,26-31,39,46,54H,8-9,14-15,17-18H2,1-7H3,(H2,38,48)(H,40,47)(H,41,51)(H,42,52)(H,43,53)(H,44,49)(H,45,50). The van der Waals surface area contributed by atoms with Crippen molar-refractivity contribution in [2.24, 2.45) is 23.5 Å². The lowest BCUT2D eigenvalue weighted by Gasteiger charge is -2.29. The average molecular weight is 775 g/mol. The van der Waals surface area contributed by atoms with Crippen LogP contribution in [-0.4, -0.2) is 100 Å². The second kappa shape index (κ2) is 21.9. The Morgan fingerprint density at radius 3 is 1.70 bits per heavy atom. The third-order valence-electron chi connectivity index (χ3n) is 9.38. The van der Waals surface area contributed by atoms with Crippen molar-refractivity contribution < 1.29 is 38.7 Å². The molecular weight excluding hydrogens is 717 g/mol. The van der Waals surface area contributed by atoms with E-state index in [1.807, 2.05) is 52.0 Å². The molecule has 0 fully saturated rings. The van der Waals surface area contributed by atoms with Crippen LogP contribution in [0.3, 0.4) is 0 Å². The zero-order valence-electron chi connectivity index (χ0n) is 32.2. The van der Waals surface area contributed by atoms with E-state index >= 15 is 0 Å². The Morgan fingerprint density at radius 1 is 0.722 bits per heavy atom. The van der Waals surface area contributed by atoms with Crippen molar-refractivity contribution in [2.75, 3.05) is 12.4 Å². The zero-order chi connectivity index (χ0) is 40.7. The van der Waals surface area contributed by atoms with E-state index in [4.69, 9.17) is 5.73 Å². The Hall–Kier alpha value is -4.64. The van der Waals surface area contributed by atoms with E-state index in [0.717, 1.165) is 10.9 Å². The molecule has 0 aliphatic rings. The first-order chi connectivity index (χ1) is 25.5. The lowest BCUT2D eigenvalue weighted by atomic mass is 9.96. The van der Waals surface area contributed by atoms with Gasteiger partial charge in [-0.15, -0.1) is 0 Å². The van der Waals surface area contributed by atoms with Gasteiger partial charge < -0.3 is 47.7 Å². The number of primary amides is 1. The number of amides is 7. The minimum atomic E-state index is -1.54. The summed E-state index contributed by atoms with van der Waals surface area (Å²) in [4.78, 5) is 94.8. The van der Waals surface area contributed by atoms with Gasteiger partial charge in [0.1, 0.15) is 36.3 Å². The van der Waals surface area contributed by atoms with Gasteiger partial charge in [-0.05, 0) is 35.8 Å². The predicted octanol–water partition coefficient (Wildman–Crippen LogP) is 0.185. The molecule has 300 valence electrons. The molecule has 0 radical (unpaired) electrons. The number of hydrogen-bond acceptors (Lipinski definition) is 9. The smallest absolute Gasteiger partial charge is 0.245 e. The summed E-state index contributed by atoms with van der Waals surface area (Å²) in [5.74, 6) is -5.67. The number of nitrogens with one attached hydrogen (secondary N) is 7. The Balaban J connectivity index is 2.40. The average Bonchev–Trinajstić information content (AvgIpc) is 3.54. The van der Waals surface area contributed by atoms with E-state index in [1.54, 1.807) is 20.0 Å². The molecule has 8 atom stereocenters. The molecule has 1 aromatic carbocycles. The Kier molecular flexibility index (Phi) is 18.5. The van der Waals surface area contributed by atoms with Crippen LogP contribution in [-0.2, 0) is 40.0 Å². The van der Waals surface area contributed by atoms with Gasteiger partial charge in [-0.25, -0.2) is 0 Å². The normalized spacial score (nSPS) is 15.7. The fourth-order valence-corrected chi connectivity index (χ4v) is 6.06. The maximum Gasteiger partial charge on any atom is 0.245 e. The minimum absolute atomic E-state index is 0.0466. The van der Waals surface area contributed by atoms with Gasteiger partial charge in [-0.1, -0.05) is 72.6 Å². The first kappa shape index (κ1) is 45.5.